The molecule has 1 aromatic rings. The number of hydrogen-bond acceptors (Lipinski definition) is 3. The minimum atomic E-state index is -3.39. The third-order valence-electron chi connectivity index (χ3n) is 3.12. The van der Waals surface area contributed by atoms with E-state index in [1.807, 2.05) is 6.92 Å². The van der Waals surface area contributed by atoms with E-state index < -0.39 is 10.0 Å². The lowest BCUT2D eigenvalue weighted by atomic mass is 9.96. The van der Waals surface area contributed by atoms with Gasteiger partial charge in [-0.15, -0.1) is 0 Å². The average molecular weight is 254 g/mol. The van der Waals surface area contributed by atoms with Crippen LogP contribution in [0.5, 0.6) is 0 Å². The summed E-state index contributed by atoms with van der Waals surface area (Å²) in [6.07, 6.45) is 6.74. The van der Waals surface area contributed by atoms with Gasteiger partial charge in [0, 0.05) is 17.9 Å². The van der Waals surface area contributed by atoms with Gasteiger partial charge >= 0.3 is 0 Å². The van der Waals surface area contributed by atoms with Crippen molar-refractivity contribution in [1.82, 2.24) is 9.71 Å². The summed E-state index contributed by atoms with van der Waals surface area (Å²) in [6.45, 7) is 1.84. The second-order valence-electron chi connectivity index (χ2n) is 4.59. The molecule has 1 N–H and O–H groups in total. The number of hydrogen-bond donors (Lipinski definition) is 1. The van der Waals surface area contributed by atoms with Crippen LogP contribution in [0.3, 0.4) is 0 Å². The quantitative estimate of drug-likeness (QED) is 0.897. The van der Waals surface area contributed by atoms with Crippen LogP contribution < -0.4 is 4.72 Å². The summed E-state index contributed by atoms with van der Waals surface area (Å²) in [6, 6.07) is 3.41. The van der Waals surface area contributed by atoms with Crippen molar-refractivity contribution >= 4 is 10.0 Å². The molecule has 1 heterocycles. The normalized spacial score (nSPS) is 18.2. The van der Waals surface area contributed by atoms with Gasteiger partial charge < -0.3 is 0 Å². The van der Waals surface area contributed by atoms with E-state index in [-0.39, 0.29) is 10.9 Å². The molecule has 0 radical (unpaired) electrons. The fourth-order valence-electron chi connectivity index (χ4n) is 2.12. The molecule has 17 heavy (non-hydrogen) atoms. The molecule has 1 aliphatic rings. The first-order chi connectivity index (χ1) is 8.08. The topological polar surface area (TPSA) is 59.1 Å². The molecule has 0 atom stereocenters. The van der Waals surface area contributed by atoms with E-state index in [0.29, 0.717) is 0 Å². The van der Waals surface area contributed by atoms with E-state index >= 15 is 0 Å². The molecule has 1 saturated carbocycles. The fourth-order valence-corrected chi connectivity index (χ4v) is 3.37. The predicted octanol–water partition coefficient (Wildman–Crippen LogP) is 2.00. The van der Waals surface area contributed by atoms with E-state index in [0.717, 1.165) is 31.4 Å². The molecule has 0 aliphatic heterocycles. The molecule has 0 aromatic carbocycles. The first-order valence-electron chi connectivity index (χ1n) is 6.03. The van der Waals surface area contributed by atoms with Crippen LogP contribution in [0.15, 0.2) is 23.2 Å². The number of pyridine rings is 1. The zero-order valence-electron chi connectivity index (χ0n) is 10.0. The Labute approximate surface area is 103 Å². The Morgan fingerprint density at radius 1 is 1.24 bits per heavy atom. The molecule has 1 fully saturated rings. The standard InChI is InChI=1S/C12H18N2O2S/c1-10-7-8-12(9-13-10)17(15,16)14-11-5-3-2-4-6-11/h7-9,11,14H,2-6H2,1H3. The van der Waals surface area contributed by atoms with Crippen LogP contribution in [0.1, 0.15) is 37.8 Å². The Hall–Kier alpha value is -0.940. The highest BCUT2D eigenvalue weighted by atomic mass is 32.2. The molecule has 0 amide bonds. The molecule has 5 heteroatoms. The lowest BCUT2D eigenvalue weighted by Gasteiger charge is -2.22. The summed E-state index contributed by atoms with van der Waals surface area (Å²) in [5, 5.41) is 0. The maximum atomic E-state index is 12.1. The van der Waals surface area contributed by atoms with E-state index in [9.17, 15) is 8.42 Å². The van der Waals surface area contributed by atoms with Gasteiger partial charge in [0.1, 0.15) is 4.90 Å². The monoisotopic (exact) mass is 254 g/mol. The maximum Gasteiger partial charge on any atom is 0.242 e. The van der Waals surface area contributed by atoms with Crippen LogP contribution in [0.2, 0.25) is 0 Å². The molecule has 0 spiro atoms. The van der Waals surface area contributed by atoms with Crippen LogP contribution in [0.25, 0.3) is 0 Å². The number of nitrogens with zero attached hydrogens (tertiary/aromatic N) is 1. The SMILES string of the molecule is Cc1ccc(S(=O)(=O)NC2CCCCC2)cn1. The van der Waals surface area contributed by atoms with E-state index in [4.69, 9.17) is 0 Å². The van der Waals surface area contributed by atoms with Crippen LogP contribution in [-0.4, -0.2) is 19.4 Å². The van der Waals surface area contributed by atoms with Crippen LogP contribution >= 0.6 is 0 Å². The van der Waals surface area contributed by atoms with Crippen LogP contribution in [0.4, 0.5) is 0 Å². The number of aromatic nitrogens is 1. The van der Waals surface area contributed by atoms with Gasteiger partial charge in [-0.1, -0.05) is 19.3 Å². The number of aryl methyl sites for hydroxylation is 1. The Kier molecular flexibility index (Phi) is 3.79. The number of sulfonamides is 1. The summed E-state index contributed by atoms with van der Waals surface area (Å²) in [5.41, 5.74) is 0.821. The summed E-state index contributed by atoms with van der Waals surface area (Å²) in [5.74, 6) is 0. The predicted molar refractivity (Wildman–Crippen MR) is 66.2 cm³/mol. The van der Waals surface area contributed by atoms with Crippen molar-refractivity contribution in [3.05, 3.63) is 24.0 Å². The molecule has 1 aromatic heterocycles. The summed E-state index contributed by atoms with van der Waals surface area (Å²) < 4.78 is 26.9. The van der Waals surface area contributed by atoms with Gasteiger partial charge in [-0.2, -0.15) is 0 Å². The highest BCUT2D eigenvalue weighted by Crippen LogP contribution is 2.19. The molecule has 0 saturated heterocycles. The Bertz CT molecular complexity index is 462. The van der Waals surface area contributed by atoms with Crippen molar-refractivity contribution in [2.75, 3.05) is 0 Å². The van der Waals surface area contributed by atoms with Crippen molar-refractivity contribution in [3.63, 3.8) is 0 Å². The van der Waals surface area contributed by atoms with E-state index in [1.54, 1.807) is 12.1 Å². The molecule has 94 valence electrons. The summed E-state index contributed by atoms with van der Waals surface area (Å²) in [7, 11) is -3.39. The number of nitrogens with one attached hydrogen (secondary N) is 1. The van der Waals surface area contributed by atoms with E-state index in [1.165, 1.54) is 12.6 Å². The smallest absolute Gasteiger partial charge is 0.242 e. The van der Waals surface area contributed by atoms with Crippen LogP contribution in [-0.2, 0) is 10.0 Å². The lowest BCUT2D eigenvalue weighted by molar-refractivity contribution is 0.412. The van der Waals surface area contributed by atoms with Gasteiger partial charge in [-0.25, -0.2) is 13.1 Å². The molecular formula is C12H18N2O2S. The van der Waals surface area contributed by atoms with Crippen molar-refractivity contribution in [3.8, 4) is 0 Å². The molecule has 0 bridgehead atoms. The molecule has 2 rings (SSSR count). The third kappa shape index (κ3) is 3.26. The Morgan fingerprint density at radius 3 is 2.53 bits per heavy atom. The lowest BCUT2D eigenvalue weighted by Crippen LogP contribution is -2.36. The Morgan fingerprint density at radius 2 is 1.94 bits per heavy atom. The average Bonchev–Trinajstić information content (AvgIpc) is 2.30. The molecule has 4 nitrogen and oxygen atoms in total. The maximum absolute atomic E-state index is 12.1. The second kappa shape index (κ2) is 5.14. The zero-order valence-corrected chi connectivity index (χ0v) is 10.8. The largest absolute Gasteiger partial charge is 0.260 e. The van der Waals surface area contributed by atoms with Crippen molar-refractivity contribution in [2.45, 2.75) is 50.0 Å². The Balaban J connectivity index is 2.10. The fraction of sp³-hybridized carbons (Fsp3) is 0.583. The minimum absolute atomic E-state index is 0.0926. The van der Waals surface area contributed by atoms with Crippen LogP contribution in [0, 0.1) is 6.92 Å². The summed E-state index contributed by atoms with van der Waals surface area (Å²) >= 11 is 0. The highest BCUT2D eigenvalue weighted by molar-refractivity contribution is 7.89. The van der Waals surface area contributed by atoms with E-state index in [2.05, 4.69) is 9.71 Å². The van der Waals surface area contributed by atoms with Gasteiger partial charge in [0.25, 0.3) is 0 Å². The third-order valence-corrected chi connectivity index (χ3v) is 4.63. The first-order valence-corrected chi connectivity index (χ1v) is 7.51. The van der Waals surface area contributed by atoms with Crippen molar-refractivity contribution in [1.29, 1.82) is 0 Å². The summed E-state index contributed by atoms with van der Waals surface area (Å²) in [4.78, 5) is 4.28. The van der Waals surface area contributed by atoms with Gasteiger partial charge in [-0.3, -0.25) is 4.98 Å². The highest BCUT2D eigenvalue weighted by Gasteiger charge is 2.21. The first kappa shape index (κ1) is 12.5. The van der Waals surface area contributed by atoms with Crippen molar-refractivity contribution in [2.24, 2.45) is 0 Å². The second-order valence-corrected chi connectivity index (χ2v) is 6.31. The van der Waals surface area contributed by atoms with Gasteiger partial charge in [0.2, 0.25) is 10.0 Å². The van der Waals surface area contributed by atoms with Gasteiger partial charge in [0.15, 0.2) is 0 Å². The number of rotatable bonds is 3. The minimum Gasteiger partial charge on any atom is -0.260 e. The van der Waals surface area contributed by atoms with Gasteiger partial charge in [-0.05, 0) is 31.9 Å². The molecule has 0 unspecified atom stereocenters. The van der Waals surface area contributed by atoms with Crippen molar-refractivity contribution < 1.29 is 8.42 Å². The van der Waals surface area contributed by atoms with Gasteiger partial charge in [0.05, 0.1) is 0 Å². The molecular weight excluding hydrogens is 236 g/mol. The molecule has 1 aliphatic carbocycles. The zero-order chi connectivity index (χ0) is 12.3.